The Labute approximate surface area is 93.2 Å². The molecule has 2 aliphatic rings. The van der Waals surface area contributed by atoms with Crippen molar-refractivity contribution in [3.05, 3.63) is 52.4 Å². The first-order valence-corrected chi connectivity index (χ1v) is 5.49. The number of allylic oxidation sites excluding steroid dienone is 1. The van der Waals surface area contributed by atoms with Crippen molar-refractivity contribution in [1.29, 1.82) is 0 Å². The van der Waals surface area contributed by atoms with Crippen molar-refractivity contribution in [2.45, 2.75) is 18.4 Å². The van der Waals surface area contributed by atoms with Crippen LogP contribution < -0.4 is 0 Å². The molecule has 0 N–H and O–H groups in total. The zero-order chi connectivity index (χ0) is 11.1. The molecule has 3 rings (SSSR count). The normalized spacial score (nSPS) is 35.5. The maximum atomic E-state index is 11.1. The second-order valence-electron chi connectivity index (χ2n) is 4.53. The van der Waals surface area contributed by atoms with E-state index in [4.69, 9.17) is 0 Å². The Balaban J connectivity index is 2.00. The van der Waals surface area contributed by atoms with Crippen LogP contribution in [0.1, 0.15) is 17.9 Å². The predicted molar refractivity (Wildman–Crippen MR) is 58.5 cm³/mol. The lowest BCUT2D eigenvalue weighted by Crippen LogP contribution is -2.31. The monoisotopic (exact) mass is 216 g/mol. The smallest absolute Gasteiger partial charge is 0.226 e. The fourth-order valence-corrected chi connectivity index (χ4v) is 3.11. The molecule has 1 saturated carbocycles. The van der Waals surface area contributed by atoms with E-state index in [0.717, 1.165) is 12.0 Å². The fourth-order valence-electron chi connectivity index (χ4n) is 3.11. The lowest BCUT2D eigenvalue weighted by Gasteiger charge is -2.21. The molecule has 0 spiro atoms. The molecular formula is C12H12N2O2. The van der Waals surface area contributed by atoms with Gasteiger partial charge in [0, 0.05) is 23.2 Å². The van der Waals surface area contributed by atoms with E-state index >= 15 is 0 Å². The topological polar surface area (TPSA) is 56.0 Å². The SMILES string of the molecule is O=[N+]([O-])C1C2C=CC(C2)C1c1ccncc1. The fraction of sp³-hybridized carbons (Fsp3) is 0.417. The van der Waals surface area contributed by atoms with Crippen molar-refractivity contribution in [2.24, 2.45) is 11.8 Å². The molecule has 1 aromatic rings. The summed E-state index contributed by atoms with van der Waals surface area (Å²) in [5.74, 6) is 0.494. The summed E-state index contributed by atoms with van der Waals surface area (Å²) in [5, 5.41) is 11.1. The molecule has 0 aromatic carbocycles. The van der Waals surface area contributed by atoms with Crippen LogP contribution in [0.5, 0.6) is 0 Å². The minimum Gasteiger partial charge on any atom is -0.265 e. The first-order chi connectivity index (χ1) is 7.77. The third-order valence-electron chi connectivity index (χ3n) is 3.75. The lowest BCUT2D eigenvalue weighted by atomic mass is 9.84. The van der Waals surface area contributed by atoms with Crippen molar-refractivity contribution in [1.82, 2.24) is 4.98 Å². The van der Waals surface area contributed by atoms with Crippen LogP contribution in [0.4, 0.5) is 0 Å². The summed E-state index contributed by atoms with van der Waals surface area (Å²) in [5.41, 5.74) is 1.05. The molecule has 1 fully saturated rings. The number of fused-ring (bicyclic) bond motifs is 2. The molecule has 4 unspecified atom stereocenters. The highest BCUT2D eigenvalue weighted by atomic mass is 16.6. The number of aromatic nitrogens is 1. The summed E-state index contributed by atoms with van der Waals surface area (Å²) in [4.78, 5) is 15.0. The Morgan fingerprint density at radius 3 is 2.62 bits per heavy atom. The van der Waals surface area contributed by atoms with Gasteiger partial charge in [0.15, 0.2) is 0 Å². The van der Waals surface area contributed by atoms with Gasteiger partial charge in [0.05, 0.1) is 5.92 Å². The van der Waals surface area contributed by atoms with Crippen molar-refractivity contribution in [3.8, 4) is 0 Å². The van der Waals surface area contributed by atoms with Gasteiger partial charge in [-0.2, -0.15) is 0 Å². The zero-order valence-corrected chi connectivity index (χ0v) is 8.69. The highest BCUT2D eigenvalue weighted by molar-refractivity contribution is 5.28. The minimum atomic E-state index is -0.447. The molecule has 0 amide bonds. The second kappa shape index (κ2) is 3.40. The van der Waals surface area contributed by atoms with Gasteiger partial charge in [-0.3, -0.25) is 15.1 Å². The minimum absolute atomic E-state index is 0.0352. The molecule has 0 radical (unpaired) electrons. The van der Waals surface area contributed by atoms with Gasteiger partial charge in [0.2, 0.25) is 6.04 Å². The average Bonchev–Trinajstić information content (AvgIpc) is 2.89. The largest absolute Gasteiger partial charge is 0.265 e. The molecule has 0 saturated heterocycles. The molecule has 0 aliphatic heterocycles. The number of rotatable bonds is 2. The van der Waals surface area contributed by atoms with E-state index < -0.39 is 6.04 Å². The highest BCUT2D eigenvalue weighted by Gasteiger charge is 2.52. The van der Waals surface area contributed by atoms with Crippen LogP contribution in [0.15, 0.2) is 36.7 Å². The van der Waals surface area contributed by atoms with Crippen LogP contribution in [0, 0.1) is 22.0 Å². The highest BCUT2D eigenvalue weighted by Crippen LogP contribution is 2.49. The van der Waals surface area contributed by atoms with Crippen molar-refractivity contribution in [2.75, 3.05) is 0 Å². The van der Waals surface area contributed by atoms with E-state index in [1.54, 1.807) is 12.4 Å². The molecule has 82 valence electrons. The molecule has 1 heterocycles. The van der Waals surface area contributed by atoms with Gasteiger partial charge in [-0.05, 0) is 30.0 Å². The summed E-state index contributed by atoms with van der Waals surface area (Å²) in [7, 11) is 0. The Kier molecular flexibility index (Phi) is 2.02. The van der Waals surface area contributed by atoms with Crippen LogP contribution in [0.25, 0.3) is 0 Å². The van der Waals surface area contributed by atoms with Gasteiger partial charge in [0.25, 0.3) is 0 Å². The summed E-state index contributed by atoms with van der Waals surface area (Å²) < 4.78 is 0. The van der Waals surface area contributed by atoms with Crippen molar-refractivity contribution in [3.63, 3.8) is 0 Å². The Bertz CT molecular complexity index is 444. The van der Waals surface area contributed by atoms with Crippen molar-refractivity contribution < 1.29 is 4.92 Å². The lowest BCUT2D eigenvalue weighted by molar-refractivity contribution is -0.530. The maximum absolute atomic E-state index is 11.1. The van der Waals surface area contributed by atoms with E-state index in [2.05, 4.69) is 11.1 Å². The first-order valence-electron chi connectivity index (χ1n) is 5.49. The number of nitro groups is 1. The van der Waals surface area contributed by atoms with Gasteiger partial charge >= 0.3 is 0 Å². The first kappa shape index (κ1) is 9.51. The average molecular weight is 216 g/mol. The molecule has 2 bridgehead atoms. The van der Waals surface area contributed by atoms with Gasteiger partial charge in [-0.15, -0.1) is 0 Å². The number of nitrogens with zero attached hydrogens (tertiary/aromatic N) is 2. The number of pyridine rings is 1. The summed E-state index contributed by atoms with van der Waals surface area (Å²) in [6.07, 6.45) is 8.49. The molecule has 4 heteroatoms. The Morgan fingerprint density at radius 1 is 1.25 bits per heavy atom. The number of hydrogen-bond donors (Lipinski definition) is 0. The van der Waals surface area contributed by atoms with Crippen LogP contribution in [-0.2, 0) is 0 Å². The molecule has 1 aromatic heterocycles. The molecule has 16 heavy (non-hydrogen) atoms. The predicted octanol–water partition coefficient (Wildman–Crippen LogP) is 2.02. The third-order valence-corrected chi connectivity index (χ3v) is 3.75. The standard InChI is InChI=1S/C12H12N2O2/c15-14(16)12-10-2-1-9(7-10)11(12)8-3-5-13-6-4-8/h1-6,9-12H,7H2. The summed E-state index contributed by atoms with van der Waals surface area (Å²) in [6.45, 7) is 0. The van der Waals surface area contributed by atoms with Gasteiger partial charge in [0.1, 0.15) is 0 Å². The summed E-state index contributed by atoms with van der Waals surface area (Å²) >= 11 is 0. The van der Waals surface area contributed by atoms with Crippen molar-refractivity contribution >= 4 is 0 Å². The zero-order valence-electron chi connectivity index (χ0n) is 8.69. The molecule has 4 atom stereocenters. The summed E-state index contributed by atoms with van der Waals surface area (Å²) in [6, 6.07) is 3.35. The number of hydrogen-bond acceptors (Lipinski definition) is 3. The van der Waals surface area contributed by atoms with E-state index in [1.807, 2.05) is 18.2 Å². The van der Waals surface area contributed by atoms with E-state index in [-0.39, 0.29) is 16.8 Å². The van der Waals surface area contributed by atoms with Gasteiger partial charge in [-0.1, -0.05) is 12.2 Å². The van der Waals surface area contributed by atoms with E-state index in [9.17, 15) is 10.1 Å². The second-order valence-corrected chi connectivity index (χ2v) is 4.53. The van der Waals surface area contributed by atoms with Gasteiger partial charge in [-0.25, -0.2) is 0 Å². The Morgan fingerprint density at radius 2 is 1.94 bits per heavy atom. The maximum Gasteiger partial charge on any atom is 0.226 e. The van der Waals surface area contributed by atoms with E-state index in [0.29, 0.717) is 5.92 Å². The van der Waals surface area contributed by atoms with Crippen LogP contribution in [0.2, 0.25) is 0 Å². The third kappa shape index (κ3) is 1.26. The molecule has 4 nitrogen and oxygen atoms in total. The Hall–Kier alpha value is -1.71. The van der Waals surface area contributed by atoms with E-state index in [1.165, 1.54) is 0 Å². The van der Waals surface area contributed by atoms with Crippen LogP contribution in [-0.4, -0.2) is 15.9 Å². The van der Waals surface area contributed by atoms with Crippen LogP contribution in [0.3, 0.4) is 0 Å². The van der Waals surface area contributed by atoms with Crippen LogP contribution >= 0.6 is 0 Å². The molecular weight excluding hydrogens is 204 g/mol. The quantitative estimate of drug-likeness (QED) is 0.431. The van der Waals surface area contributed by atoms with Gasteiger partial charge < -0.3 is 0 Å². The molecule has 2 aliphatic carbocycles.